The van der Waals surface area contributed by atoms with Crippen LogP contribution in [-0.4, -0.2) is 30.6 Å². The number of benzene rings is 1. The largest absolute Gasteiger partial charge is 0.324 e. The molecule has 20 heavy (non-hydrogen) atoms. The number of fused-ring (bicyclic) bond motifs is 1. The van der Waals surface area contributed by atoms with E-state index in [1.165, 1.54) is 6.42 Å². The first-order valence-corrected chi connectivity index (χ1v) is 7.58. The molecule has 1 aromatic carbocycles. The highest BCUT2D eigenvalue weighted by Crippen LogP contribution is 2.33. The number of anilines is 1. The normalized spacial score (nSPS) is 26.3. The van der Waals surface area contributed by atoms with Crippen LogP contribution in [0.3, 0.4) is 0 Å². The lowest BCUT2D eigenvalue weighted by molar-refractivity contribution is 0.175. The molecule has 0 aromatic heterocycles. The Morgan fingerprint density at radius 1 is 1.25 bits per heavy atom. The van der Waals surface area contributed by atoms with Crippen molar-refractivity contribution in [2.45, 2.75) is 32.2 Å². The Morgan fingerprint density at radius 3 is 2.85 bits per heavy atom. The topological polar surface area (TPSA) is 49.6 Å². The number of amides is 2. The van der Waals surface area contributed by atoms with E-state index in [1.807, 2.05) is 34.1 Å². The van der Waals surface area contributed by atoms with Crippen molar-refractivity contribution in [1.82, 2.24) is 4.90 Å². The van der Waals surface area contributed by atoms with Gasteiger partial charge in [-0.1, -0.05) is 25.1 Å². The smallest absolute Gasteiger partial charge is 0.324 e. The zero-order valence-electron chi connectivity index (χ0n) is 12.1. The van der Waals surface area contributed by atoms with Gasteiger partial charge in [-0.25, -0.2) is 4.79 Å². The van der Waals surface area contributed by atoms with Crippen molar-refractivity contribution in [1.29, 1.82) is 0 Å². The van der Waals surface area contributed by atoms with E-state index in [-0.39, 0.29) is 12.1 Å². The lowest BCUT2D eigenvalue weighted by Crippen LogP contribution is -2.49. The van der Waals surface area contributed by atoms with E-state index in [0.717, 1.165) is 43.7 Å². The van der Waals surface area contributed by atoms with Gasteiger partial charge in [0.2, 0.25) is 0 Å². The number of nitrogens with zero attached hydrogens (tertiary/aromatic N) is 2. The third kappa shape index (κ3) is 2.40. The van der Waals surface area contributed by atoms with Crippen LogP contribution in [-0.2, 0) is 0 Å². The highest BCUT2D eigenvalue weighted by Gasteiger charge is 2.31. The number of hydrogen-bond acceptors (Lipinski definition) is 2. The molecule has 4 nitrogen and oxygen atoms in total. The molecule has 2 amide bonds. The summed E-state index contributed by atoms with van der Waals surface area (Å²) in [5, 5.41) is 0. The average molecular weight is 273 g/mol. The number of para-hydroxylation sites is 1. The van der Waals surface area contributed by atoms with Crippen LogP contribution in [0.15, 0.2) is 24.3 Å². The zero-order chi connectivity index (χ0) is 14.1. The highest BCUT2D eigenvalue weighted by molar-refractivity contribution is 5.93. The molecule has 2 aliphatic heterocycles. The van der Waals surface area contributed by atoms with Crippen molar-refractivity contribution >= 4 is 11.7 Å². The van der Waals surface area contributed by atoms with E-state index in [4.69, 9.17) is 5.73 Å². The first-order chi connectivity index (χ1) is 9.66. The van der Waals surface area contributed by atoms with Crippen LogP contribution in [0, 0.1) is 5.92 Å². The van der Waals surface area contributed by atoms with Crippen LogP contribution in [0.5, 0.6) is 0 Å². The SMILES string of the molecule is CC1CCCN(C(=O)N2CCC(N)c3ccccc32)C1. The van der Waals surface area contributed by atoms with Gasteiger partial charge in [0.25, 0.3) is 0 Å². The summed E-state index contributed by atoms with van der Waals surface area (Å²) in [5.41, 5.74) is 8.25. The second kappa shape index (κ2) is 5.44. The molecule has 0 saturated carbocycles. The quantitative estimate of drug-likeness (QED) is 0.790. The molecule has 2 heterocycles. The summed E-state index contributed by atoms with van der Waals surface area (Å²) in [4.78, 5) is 16.7. The predicted octanol–water partition coefficient (Wildman–Crippen LogP) is 2.75. The maximum atomic E-state index is 12.8. The molecular formula is C16H23N3O. The van der Waals surface area contributed by atoms with Gasteiger partial charge < -0.3 is 10.6 Å². The van der Waals surface area contributed by atoms with Crippen molar-refractivity contribution in [3.8, 4) is 0 Å². The summed E-state index contributed by atoms with van der Waals surface area (Å²) >= 11 is 0. The number of urea groups is 1. The average Bonchev–Trinajstić information content (AvgIpc) is 2.47. The van der Waals surface area contributed by atoms with Crippen molar-refractivity contribution in [3.63, 3.8) is 0 Å². The molecule has 1 aromatic rings. The molecule has 2 aliphatic rings. The van der Waals surface area contributed by atoms with Crippen molar-refractivity contribution in [3.05, 3.63) is 29.8 Å². The number of rotatable bonds is 0. The Labute approximate surface area is 120 Å². The predicted molar refractivity (Wildman–Crippen MR) is 80.7 cm³/mol. The number of piperidine rings is 1. The lowest BCUT2D eigenvalue weighted by Gasteiger charge is -2.39. The monoisotopic (exact) mass is 273 g/mol. The van der Waals surface area contributed by atoms with Gasteiger partial charge in [-0.05, 0) is 36.8 Å². The van der Waals surface area contributed by atoms with Gasteiger partial charge in [-0.3, -0.25) is 4.90 Å². The third-order valence-electron chi connectivity index (χ3n) is 4.45. The fraction of sp³-hybridized carbons (Fsp3) is 0.562. The number of hydrogen-bond donors (Lipinski definition) is 1. The van der Waals surface area contributed by atoms with E-state index in [1.54, 1.807) is 0 Å². The summed E-state index contributed by atoms with van der Waals surface area (Å²) in [6.07, 6.45) is 3.18. The van der Waals surface area contributed by atoms with Crippen LogP contribution in [0.4, 0.5) is 10.5 Å². The molecule has 0 radical (unpaired) electrons. The number of carbonyl (C=O) groups excluding carboxylic acids is 1. The van der Waals surface area contributed by atoms with Gasteiger partial charge in [0.15, 0.2) is 0 Å². The van der Waals surface area contributed by atoms with E-state index < -0.39 is 0 Å². The molecule has 1 saturated heterocycles. The summed E-state index contributed by atoms with van der Waals surface area (Å²) in [5.74, 6) is 0.606. The second-order valence-electron chi connectivity index (χ2n) is 6.08. The summed E-state index contributed by atoms with van der Waals surface area (Å²) < 4.78 is 0. The zero-order valence-corrected chi connectivity index (χ0v) is 12.1. The Bertz CT molecular complexity index is 502. The maximum absolute atomic E-state index is 12.8. The van der Waals surface area contributed by atoms with Crippen molar-refractivity contribution < 1.29 is 4.79 Å². The first-order valence-electron chi connectivity index (χ1n) is 7.58. The molecule has 0 aliphatic carbocycles. The molecular weight excluding hydrogens is 250 g/mol. The Hall–Kier alpha value is -1.55. The minimum Gasteiger partial charge on any atom is -0.324 e. The first kappa shape index (κ1) is 13.4. The maximum Gasteiger partial charge on any atom is 0.324 e. The third-order valence-corrected chi connectivity index (χ3v) is 4.45. The van der Waals surface area contributed by atoms with Gasteiger partial charge in [-0.2, -0.15) is 0 Å². The van der Waals surface area contributed by atoms with E-state index in [2.05, 4.69) is 6.92 Å². The summed E-state index contributed by atoms with van der Waals surface area (Å²) in [7, 11) is 0. The van der Waals surface area contributed by atoms with Crippen LogP contribution in [0.2, 0.25) is 0 Å². The minimum absolute atomic E-state index is 0.0514. The summed E-state index contributed by atoms with van der Waals surface area (Å²) in [6.45, 7) is 4.71. The number of likely N-dealkylation sites (tertiary alicyclic amines) is 1. The molecule has 2 N–H and O–H groups in total. The fourth-order valence-electron chi connectivity index (χ4n) is 3.32. The minimum atomic E-state index is 0.0514. The molecule has 0 spiro atoms. The van der Waals surface area contributed by atoms with Gasteiger partial charge in [0, 0.05) is 25.7 Å². The molecule has 108 valence electrons. The van der Waals surface area contributed by atoms with Crippen molar-refractivity contribution in [2.75, 3.05) is 24.5 Å². The molecule has 3 rings (SSSR count). The van der Waals surface area contributed by atoms with Crippen LogP contribution in [0.1, 0.15) is 37.8 Å². The molecule has 0 bridgehead atoms. The fourth-order valence-corrected chi connectivity index (χ4v) is 3.32. The van der Waals surface area contributed by atoms with E-state index >= 15 is 0 Å². The molecule has 4 heteroatoms. The lowest BCUT2D eigenvalue weighted by atomic mass is 9.97. The number of nitrogens with two attached hydrogens (primary N) is 1. The summed E-state index contributed by atoms with van der Waals surface area (Å²) in [6, 6.07) is 8.23. The van der Waals surface area contributed by atoms with Crippen LogP contribution >= 0.6 is 0 Å². The van der Waals surface area contributed by atoms with Crippen LogP contribution < -0.4 is 10.6 Å². The Morgan fingerprint density at radius 2 is 2.05 bits per heavy atom. The Balaban J connectivity index is 1.84. The van der Waals surface area contributed by atoms with Crippen LogP contribution in [0.25, 0.3) is 0 Å². The highest BCUT2D eigenvalue weighted by atomic mass is 16.2. The van der Waals surface area contributed by atoms with Gasteiger partial charge in [0.1, 0.15) is 0 Å². The standard InChI is InChI=1S/C16H23N3O/c1-12-5-4-9-18(11-12)16(20)19-10-8-14(17)13-6-2-3-7-15(13)19/h2-3,6-7,12,14H,4-5,8-11,17H2,1H3. The Kier molecular flexibility index (Phi) is 3.66. The molecule has 2 atom stereocenters. The molecule has 1 fully saturated rings. The van der Waals surface area contributed by atoms with E-state index in [9.17, 15) is 4.79 Å². The van der Waals surface area contributed by atoms with Crippen molar-refractivity contribution in [2.24, 2.45) is 11.7 Å². The van der Waals surface area contributed by atoms with Gasteiger partial charge >= 0.3 is 6.03 Å². The van der Waals surface area contributed by atoms with E-state index in [0.29, 0.717) is 5.92 Å². The van der Waals surface area contributed by atoms with Gasteiger partial charge in [-0.15, -0.1) is 0 Å². The number of carbonyl (C=O) groups is 1. The van der Waals surface area contributed by atoms with Gasteiger partial charge in [0.05, 0.1) is 5.69 Å². The molecule has 2 unspecified atom stereocenters. The second-order valence-corrected chi connectivity index (χ2v) is 6.08.